The third-order valence-electron chi connectivity index (χ3n) is 4.67. The second-order valence-corrected chi connectivity index (χ2v) is 6.32. The Kier molecular flexibility index (Phi) is 5.64. The third-order valence-corrected chi connectivity index (χ3v) is 4.67. The summed E-state index contributed by atoms with van der Waals surface area (Å²) in [5.41, 5.74) is -0.149. The first-order chi connectivity index (χ1) is 9.21. The topological polar surface area (TPSA) is 44.4 Å². The number of nitrogens with one attached hydrogen (secondary N) is 2. The van der Waals surface area contributed by atoms with E-state index in [1.54, 1.807) is 0 Å². The molecule has 2 aliphatic rings. The molecule has 0 radical (unpaired) electrons. The van der Waals surface area contributed by atoms with Gasteiger partial charge in [0.1, 0.15) is 0 Å². The van der Waals surface area contributed by atoms with E-state index >= 15 is 0 Å². The molecular formula is C15H29N3O. The summed E-state index contributed by atoms with van der Waals surface area (Å²) in [5, 5.41) is 6.47. The van der Waals surface area contributed by atoms with Crippen LogP contribution in [0.3, 0.4) is 0 Å². The molecule has 2 rings (SSSR count). The van der Waals surface area contributed by atoms with E-state index < -0.39 is 0 Å². The maximum Gasteiger partial charge on any atom is 0.226 e. The van der Waals surface area contributed by atoms with Gasteiger partial charge in [-0.1, -0.05) is 19.8 Å². The molecular weight excluding hydrogens is 238 g/mol. The Morgan fingerprint density at radius 3 is 2.42 bits per heavy atom. The summed E-state index contributed by atoms with van der Waals surface area (Å²) in [5.74, 6) is 0.254. The number of hydrogen-bond acceptors (Lipinski definition) is 3. The summed E-state index contributed by atoms with van der Waals surface area (Å²) >= 11 is 0. The van der Waals surface area contributed by atoms with E-state index in [-0.39, 0.29) is 11.3 Å². The van der Waals surface area contributed by atoms with Gasteiger partial charge in [0.2, 0.25) is 5.91 Å². The fraction of sp³-hybridized carbons (Fsp3) is 0.933. The van der Waals surface area contributed by atoms with Gasteiger partial charge in [-0.15, -0.1) is 0 Å². The number of piperidine rings is 1. The van der Waals surface area contributed by atoms with Crippen molar-refractivity contribution < 1.29 is 4.79 Å². The summed E-state index contributed by atoms with van der Waals surface area (Å²) in [4.78, 5) is 14.8. The van der Waals surface area contributed by atoms with E-state index in [9.17, 15) is 4.79 Å². The molecule has 0 bridgehead atoms. The number of amides is 1. The first kappa shape index (κ1) is 14.8. The maximum absolute atomic E-state index is 12.3. The number of rotatable bonds is 4. The molecule has 4 nitrogen and oxygen atoms in total. The van der Waals surface area contributed by atoms with Crippen LogP contribution < -0.4 is 10.6 Å². The van der Waals surface area contributed by atoms with Crippen molar-refractivity contribution in [1.82, 2.24) is 15.5 Å². The van der Waals surface area contributed by atoms with Gasteiger partial charge in [-0.3, -0.25) is 4.79 Å². The van der Waals surface area contributed by atoms with Crippen molar-refractivity contribution in [3.63, 3.8) is 0 Å². The second kappa shape index (κ2) is 7.25. The normalized spacial score (nSPS) is 24.7. The molecule has 0 aromatic heterocycles. The molecule has 0 aliphatic carbocycles. The molecule has 2 saturated heterocycles. The number of carbonyl (C=O) groups excluding carboxylic acids is 1. The molecule has 4 heteroatoms. The van der Waals surface area contributed by atoms with Crippen LogP contribution in [-0.2, 0) is 4.79 Å². The Morgan fingerprint density at radius 2 is 1.79 bits per heavy atom. The van der Waals surface area contributed by atoms with E-state index in [0.717, 1.165) is 39.0 Å². The van der Waals surface area contributed by atoms with Crippen molar-refractivity contribution in [1.29, 1.82) is 0 Å². The Bertz CT molecular complexity index is 279. The third kappa shape index (κ3) is 4.46. The van der Waals surface area contributed by atoms with Crippen LogP contribution in [0, 0.1) is 5.41 Å². The predicted octanol–water partition coefficient (Wildman–Crippen LogP) is 1.37. The highest BCUT2D eigenvalue weighted by molar-refractivity contribution is 5.82. The number of nitrogens with zero attached hydrogens (tertiary/aromatic N) is 1. The van der Waals surface area contributed by atoms with Crippen LogP contribution in [-0.4, -0.2) is 50.1 Å². The largest absolute Gasteiger partial charge is 0.354 e. The van der Waals surface area contributed by atoms with E-state index in [4.69, 9.17) is 0 Å². The number of likely N-dealkylation sites (tertiary alicyclic amines) is 1. The molecule has 19 heavy (non-hydrogen) atoms. The molecule has 0 aromatic carbocycles. The Hall–Kier alpha value is -0.610. The van der Waals surface area contributed by atoms with Crippen molar-refractivity contribution in [2.75, 3.05) is 39.3 Å². The van der Waals surface area contributed by atoms with Gasteiger partial charge in [0.25, 0.3) is 0 Å². The summed E-state index contributed by atoms with van der Waals surface area (Å²) < 4.78 is 0. The van der Waals surface area contributed by atoms with Gasteiger partial charge in [0.15, 0.2) is 0 Å². The molecule has 0 aromatic rings. The molecule has 2 heterocycles. The first-order valence-corrected chi connectivity index (χ1v) is 7.92. The molecule has 1 amide bonds. The van der Waals surface area contributed by atoms with Crippen LogP contribution in [0.2, 0.25) is 0 Å². The van der Waals surface area contributed by atoms with E-state index in [1.165, 1.54) is 38.8 Å². The lowest BCUT2D eigenvalue weighted by Crippen LogP contribution is -2.47. The standard InChI is InChI=1S/C15H29N3O/c1-15(6-8-16-9-7-15)14(19)17-10-13-18-11-4-2-3-5-12-18/h16H,2-13H2,1H3,(H,17,19). The highest BCUT2D eigenvalue weighted by Gasteiger charge is 2.34. The second-order valence-electron chi connectivity index (χ2n) is 6.32. The van der Waals surface area contributed by atoms with Crippen molar-refractivity contribution in [3.8, 4) is 0 Å². The highest BCUT2D eigenvalue weighted by Crippen LogP contribution is 2.27. The Balaban J connectivity index is 1.68. The average Bonchev–Trinajstić information content (AvgIpc) is 2.68. The van der Waals surface area contributed by atoms with Crippen LogP contribution >= 0.6 is 0 Å². The highest BCUT2D eigenvalue weighted by atomic mass is 16.2. The minimum absolute atomic E-state index is 0.149. The smallest absolute Gasteiger partial charge is 0.226 e. The minimum atomic E-state index is -0.149. The van der Waals surface area contributed by atoms with Gasteiger partial charge >= 0.3 is 0 Å². The van der Waals surface area contributed by atoms with Crippen LogP contribution in [0.15, 0.2) is 0 Å². The first-order valence-electron chi connectivity index (χ1n) is 7.92. The van der Waals surface area contributed by atoms with Gasteiger partial charge in [-0.05, 0) is 51.9 Å². The fourth-order valence-electron chi connectivity index (χ4n) is 3.11. The average molecular weight is 267 g/mol. The monoisotopic (exact) mass is 267 g/mol. The van der Waals surface area contributed by atoms with Crippen molar-refractivity contribution >= 4 is 5.91 Å². The fourth-order valence-corrected chi connectivity index (χ4v) is 3.11. The zero-order valence-electron chi connectivity index (χ0n) is 12.3. The number of hydrogen-bond donors (Lipinski definition) is 2. The van der Waals surface area contributed by atoms with Gasteiger partial charge in [0, 0.05) is 18.5 Å². The van der Waals surface area contributed by atoms with Crippen LogP contribution in [0.5, 0.6) is 0 Å². The maximum atomic E-state index is 12.3. The zero-order chi connectivity index (χ0) is 13.6. The lowest BCUT2D eigenvalue weighted by molar-refractivity contribution is -0.131. The molecule has 0 saturated carbocycles. The number of carbonyl (C=O) groups is 1. The molecule has 2 fully saturated rings. The molecule has 110 valence electrons. The van der Waals surface area contributed by atoms with Crippen LogP contribution in [0.1, 0.15) is 45.4 Å². The Morgan fingerprint density at radius 1 is 1.16 bits per heavy atom. The van der Waals surface area contributed by atoms with Gasteiger partial charge in [-0.2, -0.15) is 0 Å². The summed E-state index contributed by atoms with van der Waals surface area (Å²) in [6.07, 6.45) is 7.29. The molecule has 2 N–H and O–H groups in total. The van der Waals surface area contributed by atoms with Crippen molar-refractivity contribution in [2.24, 2.45) is 5.41 Å². The predicted molar refractivity (Wildman–Crippen MR) is 78.1 cm³/mol. The van der Waals surface area contributed by atoms with Gasteiger partial charge in [0.05, 0.1) is 0 Å². The molecule has 0 atom stereocenters. The van der Waals surface area contributed by atoms with Crippen molar-refractivity contribution in [2.45, 2.75) is 45.4 Å². The molecule has 0 unspecified atom stereocenters. The Labute approximate surface area is 117 Å². The summed E-state index contributed by atoms with van der Waals surface area (Å²) in [6, 6.07) is 0. The summed E-state index contributed by atoms with van der Waals surface area (Å²) in [7, 11) is 0. The lowest BCUT2D eigenvalue weighted by Gasteiger charge is -2.32. The SMILES string of the molecule is CC1(C(=O)NCCN2CCCCCC2)CCNCC1. The van der Waals surface area contributed by atoms with Crippen LogP contribution in [0.4, 0.5) is 0 Å². The van der Waals surface area contributed by atoms with E-state index in [2.05, 4.69) is 22.5 Å². The molecule has 2 aliphatic heterocycles. The molecule has 0 spiro atoms. The van der Waals surface area contributed by atoms with Gasteiger partial charge in [-0.25, -0.2) is 0 Å². The lowest BCUT2D eigenvalue weighted by atomic mass is 9.80. The van der Waals surface area contributed by atoms with E-state index in [0.29, 0.717) is 0 Å². The quantitative estimate of drug-likeness (QED) is 0.808. The van der Waals surface area contributed by atoms with Crippen LogP contribution in [0.25, 0.3) is 0 Å². The van der Waals surface area contributed by atoms with Crippen molar-refractivity contribution in [3.05, 3.63) is 0 Å². The van der Waals surface area contributed by atoms with E-state index in [1.807, 2.05) is 0 Å². The van der Waals surface area contributed by atoms with Gasteiger partial charge < -0.3 is 15.5 Å². The summed E-state index contributed by atoms with van der Waals surface area (Å²) in [6.45, 7) is 8.28. The zero-order valence-corrected chi connectivity index (χ0v) is 12.3. The minimum Gasteiger partial charge on any atom is -0.354 e.